The van der Waals surface area contributed by atoms with Crippen LogP contribution >= 0.6 is 39.5 Å². The van der Waals surface area contributed by atoms with E-state index in [9.17, 15) is 19.7 Å². The zero-order valence-electron chi connectivity index (χ0n) is 18.7. The Morgan fingerprint density at radius 2 is 1.81 bits per heavy atom. The second-order valence-corrected chi connectivity index (χ2v) is 10.5. The number of nitrogens with zero attached hydrogens (tertiary/aromatic N) is 6. The number of amides is 2. The van der Waals surface area contributed by atoms with Crippen molar-refractivity contribution < 1.29 is 14.5 Å². The number of aromatic nitrogens is 4. The number of hydrogen-bond acceptors (Lipinski definition) is 9. The Balaban J connectivity index is 1.40. The molecule has 184 valence electrons. The highest BCUT2D eigenvalue weighted by molar-refractivity contribution is 9.10. The number of halogens is 1. The zero-order chi connectivity index (χ0) is 25.9. The normalized spacial score (nSPS) is 14.5. The summed E-state index contributed by atoms with van der Waals surface area (Å²) < 4.78 is 2.28. The monoisotopic (exact) mass is 594 g/mol. The van der Waals surface area contributed by atoms with Gasteiger partial charge in [-0.15, -0.1) is 5.10 Å². The predicted molar refractivity (Wildman–Crippen MR) is 142 cm³/mol. The first-order valence-electron chi connectivity index (χ1n) is 10.7. The quantitative estimate of drug-likeness (QED) is 0.150. The number of imide groups is 1. The standard InChI is InChI=1S/C24H15BrN6O4S2/c25-18-9-5-4-6-16(18)14-29-22(32)21(37-24(29)33)13-15-10-11-20(19(12-15)31(34)35)36-23-26-27-28-30(23)17-7-2-1-3-8-17/h1-13H,14H2/b21-13-. The number of nitro groups is 1. The minimum atomic E-state index is -0.505. The fraction of sp³-hybridized carbons (Fsp3) is 0.0417. The van der Waals surface area contributed by atoms with Gasteiger partial charge >= 0.3 is 0 Å². The van der Waals surface area contributed by atoms with Gasteiger partial charge in [-0.1, -0.05) is 58.4 Å². The van der Waals surface area contributed by atoms with E-state index < -0.39 is 16.1 Å². The van der Waals surface area contributed by atoms with Crippen molar-refractivity contribution in [3.8, 4) is 5.69 Å². The van der Waals surface area contributed by atoms with E-state index in [4.69, 9.17) is 0 Å². The van der Waals surface area contributed by atoms with Crippen molar-refractivity contribution in [1.82, 2.24) is 25.1 Å². The summed E-state index contributed by atoms with van der Waals surface area (Å²) in [6.45, 7) is 0.120. The number of para-hydroxylation sites is 1. The number of hydrogen-bond donors (Lipinski definition) is 0. The summed E-state index contributed by atoms with van der Waals surface area (Å²) in [4.78, 5) is 38.5. The van der Waals surface area contributed by atoms with Gasteiger partial charge in [0.25, 0.3) is 16.8 Å². The van der Waals surface area contributed by atoms with Crippen LogP contribution in [0.15, 0.2) is 92.2 Å². The smallest absolute Gasteiger partial charge is 0.268 e. The van der Waals surface area contributed by atoms with Gasteiger partial charge in [0.1, 0.15) is 0 Å². The van der Waals surface area contributed by atoms with Crippen LogP contribution < -0.4 is 0 Å². The van der Waals surface area contributed by atoms with Gasteiger partial charge < -0.3 is 0 Å². The van der Waals surface area contributed by atoms with E-state index in [1.54, 1.807) is 12.1 Å². The third-order valence-corrected chi connectivity index (χ3v) is 7.96. The molecule has 0 saturated carbocycles. The molecule has 0 atom stereocenters. The summed E-state index contributed by atoms with van der Waals surface area (Å²) in [6.07, 6.45) is 1.49. The molecule has 0 unspecified atom stereocenters. The summed E-state index contributed by atoms with van der Waals surface area (Å²) in [7, 11) is 0. The van der Waals surface area contributed by atoms with E-state index in [0.717, 1.165) is 38.5 Å². The maximum atomic E-state index is 12.9. The van der Waals surface area contributed by atoms with Crippen molar-refractivity contribution in [2.75, 3.05) is 0 Å². The average Bonchev–Trinajstić information content (AvgIpc) is 3.46. The minimum Gasteiger partial charge on any atom is -0.268 e. The molecule has 0 bridgehead atoms. The lowest BCUT2D eigenvalue weighted by Crippen LogP contribution is -2.27. The molecule has 2 heterocycles. The first-order chi connectivity index (χ1) is 17.9. The highest BCUT2D eigenvalue weighted by atomic mass is 79.9. The maximum Gasteiger partial charge on any atom is 0.293 e. The summed E-state index contributed by atoms with van der Waals surface area (Å²) in [5, 5.41) is 23.5. The Hall–Kier alpha value is -3.81. The number of carbonyl (C=O) groups excluding carboxylic acids is 2. The molecule has 13 heteroatoms. The van der Waals surface area contributed by atoms with Crippen LogP contribution in [-0.2, 0) is 11.3 Å². The first-order valence-corrected chi connectivity index (χ1v) is 13.1. The Bertz CT molecular complexity index is 1560. The molecule has 1 saturated heterocycles. The minimum absolute atomic E-state index is 0.120. The Kier molecular flexibility index (Phi) is 7.17. The van der Waals surface area contributed by atoms with Gasteiger partial charge in [-0.3, -0.25) is 24.6 Å². The lowest BCUT2D eigenvalue weighted by molar-refractivity contribution is -0.387. The molecule has 3 aromatic carbocycles. The molecule has 1 aliphatic heterocycles. The van der Waals surface area contributed by atoms with E-state index in [1.165, 1.54) is 16.8 Å². The summed E-state index contributed by atoms with van der Waals surface area (Å²) in [5.74, 6) is -0.450. The fourth-order valence-electron chi connectivity index (χ4n) is 3.51. The summed E-state index contributed by atoms with van der Waals surface area (Å²) in [6, 6.07) is 21.1. The van der Waals surface area contributed by atoms with Gasteiger partial charge in [0.2, 0.25) is 5.16 Å². The van der Waals surface area contributed by atoms with Crippen LogP contribution in [0.4, 0.5) is 10.5 Å². The van der Waals surface area contributed by atoms with Crippen LogP contribution in [0, 0.1) is 10.1 Å². The van der Waals surface area contributed by atoms with Crippen molar-refractivity contribution in [1.29, 1.82) is 0 Å². The Labute approximate surface area is 227 Å². The largest absolute Gasteiger partial charge is 0.293 e. The lowest BCUT2D eigenvalue weighted by Gasteiger charge is -2.13. The van der Waals surface area contributed by atoms with Crippen molar-refractivity contribution in [3.63, 3.8) is 0 Å². The summed E-state index contributed by atoms with van der Waals surface area (Å²) in [5.41, 5.74) is 1.76. The van der Waals surface area contributed by atoms with Gasteiger partial charge in [0, 0.05) is 10.5 Å². The molecule has 0 aliphatic carbocycles. The van der Waals surface area contributed by atoms with Gasteiger partial charge in [0.05, 0.1) is 27.0 Å². The fourth-order valence-corrected chi connectivity index (χ4v) is 5.63. The van der Waals surface area contributed by atoms with Crippen LogP contribution in [-0.4, -0.2) is 41.2 Å². The third-order valence-electron chi connectivity index (χ3n) is 5.28. The van der Waals surface area contributed by atoms with E-state index in [1.807, 2.05) is 54.6 Å². The highest BCUT2D eigenvalue weighted by Crippen LogP contribution is 2.38. The van der Waals surface area contributed by atoms with Gasteiger partial charge in [-0.05, 0) is 75.4 Å². The van der Waals surface area contributed by atoms with Crippen LogP contribution in [0.3, 0.4) is 0 Å². The number of rotatable bonds is 7. The first kappa shape index (κ1) is 24.9. The van der Waals surface area contributed by atoms with Gasteiger partial charge in [-0.25, -0.2) is 0 Å². The maximum absolute atomic E-state index is 12.9. The van der Waals surface area contributed by atoms with E-state index in [2.05, 4.69) is 31.5 Å². The molecular weight excluding hydrogens is 580 g/mol. The molecule has 0 radical (unpaired) electrons. The SMILES string of the molecule is O=C1S/C(=C\c2ccc(Sc3nnnn3-c3ccccc3)c([N+](=O)[O-])c2)C(=O)N1Cc1ccccc1Br. The highest BCUT2D eigenvalue weighted by Gasteiger charge is 2.35. The topological polar surface area (TPSA) is 124 Å². The van der Waals surface area contributed by atoms with Crippen molar-refractivity contribution in [2.24, 2.45) is 0 Å². The molecule has 5 rings (SSSR count). The number of benzene rings is 3. The molecular formula is C24H15BrN6O4S2. The zero-order valence-corrected chi connectivity index (χ0v) is 21.9. The second-order valence-electron chi connectivity index (χ2n) is 7.65. The molecule has 4 aromatic rings. The van der Waals surface area contributed by atoms with E-state index in [0.29, 0.717) is 21.3 Å². The summed E-state index contributed by atoms with van der Waals surface area (Å²) >= 11 is 5.28. The number of tetrazole rings is 1. The number of nitro benzene ring substituents is 1. The molecule has 10 nitrogen and oxygen atoms in total. The molecule has 0 spiro atoms. The van der Waals surface area contributed by atoms with Gasteiger partial charge in [-0.2, -0.15) is 4.68 Å². The Morgan fingerprint density at radius 1 is 1.05 bits per heavy atom. The third kappa shape index (κ3) is 5.33. The predicted octanol–water partition coefficient (Wildman–Crippen LogP) is 5.72. The second kappa shape index (κ2) is 10.7. The van der Waals surface area contributed by atoms with Crippen molar-refractivity contribution in [3.05, 3.63) is 103 Å². The molecule has 37 heavy (non-hydrogen) atoms. The van der Waals surface area contributed by atoms with Crippen LogP contribution in [0.5, 0.6) is 0 Å². The van der Waals surface area contributed by atoms with Crippen LogP contribution in [0.2, 0.25) is 0 Å². The average molecular weight is 595 g/mol. The van der Waals surface area contributed by atoms with Gasteiger partial charge in [0.15, 0.2) is 0 Å². The number of thioether (sulfide) groups is 1. The molecule has 1 aliphatic rings. The lowest BCUT2D eigenvalue weighted by atomic mass is 10.1. The molecule has 1 fully saturated rings. The van der Waals surface area contributed by atoms with E-state index >= 15 is 0 Å². The molecule has 0 N–H and O–H groups in total. The van der Waals surface area contributed by atoms with E-state index in [-0.39, 0.29) is 17.1 Å². The Morgan fingerprint density at radius 3 is 2.57 bits per heavy atom. The van der Waals surface area contributed by atoms with Crippen molar-refractivity contribution >= 4 is 62.4 Å². The molecule has 1 aromatic heterocycles. The van der Waals surface area contributed by atoms with Crippen LogP contribution in [0.1, 0.15) is 11.1 Å². The number of carbonyl (C=O) groups is 2. The molecule has 2 amide bonds. The van der Waals surface area contributed by atoms with Crippen LogP contribution in [0.25, 0.3) is 11.8 Å². The van der Waals surface area contributed by atoms with Crippen molar-refractivity contribution in [2.45, 2.75) is 16.6 Å².